The van der Waals surface area contributed by atoms with Crippen molar-refractivity contribution in [3.05, 3.63) is 59.2 Å². The predicted molar refractivity (Wildman–Crippen MR) is 91.7 cm³/mol. The third kappa shape index (κ3) is 2.98. The third-order valence-electron chi connectivity index (χ3n) is 4.92. The van der Waals surface area contributed by atoms with Crippen LogP contribution in [-0.4, -0.2) is 28.2 Å². The van der Waals surface area contributed by atoms with E-state index in [4.69, 9.17) is 0 Å². The molecule has 122 valence electrons. The van der Waals surface area contributed by atoms with Gasteiger partial charge >= 0.3 is 0 Å². The Kier molecular flexibility index (Phi) is 4.67. The van der Waals surface area contributed by atoms with Gasteiger partial charge in [-0.25, -0.2) is 0 Å². The summed E-state index contributed by atoms with van der Waals surface area (Å²) in [7, 11) is 0. The van der Waals surface area contributed by atoms with Gasteiger partial charge in [0.1, 0.15) is 0 Å². The SMILES string of the molecule is CCCCC1(O)C2=C(C=CCC2)C(=O)N1CCc1ccccc1. The van der Waals surface area contributed by atoms with Crippen molar-refractivity contribution < 1.29 is 9.90 Å². The van der Waals surface area contributed by atoms with Crippen LogP contribution in [-0.2, 0) is 11.2 Å². The molecule has 1 heterocycles. The topological polar surface area (TPSA) is 40.5 Å². The fourth-order valence-corrected chi connectivity index (χ4v) is 3.64. The standard InChI is InChI=1S/C20H25NO2/c1-2-3-14-20(23)18-12-8-7-11-17(18)19(22)21(20)15-13-16-9-5-4-6-10-16/h4-7,9-11,23H,2-3,8,12-15H2,1H3. The van der Waals surface area contributed by atoms with Crippen molar-refractivity contribution in [1.82, 2.24) is 4.90 Å². The Morgan fingerprint density at radius 1 is 1.26 bits per heavy atom. The van der Waals surface area contributed by atoms with Gasteiger partial charge in [-0.05, 0) is 43.2 Å². The number of benzene rings is 1. The molecule has 2 aliphatic rings. The van der Waals surface area contributed by atoms with Crippen LogP contribution in [0.3, 0.4) is 0 Å². The Balaban J connectivity index is 1.82. The molecule has 1 amide bonds. The molecule has 0 saturated carbocycles. The van der Waals surface area contributed by atoms with Crippen molar-refractivity contribution >= 4 is 5.91 Å². The first kappa shape index (κ1) is 16.0. The molecule has 0 bridgehead atoms. The minimum absolute atomic E-state index is 0.00881. The summed E-state index contributed by atoms with van der Waals surface area (Å²) >= 11 is 0. The van der Waals surface area contributed by atoms with Crippen LogP contribution in [0.2, 0.25) is 0 Å². The van der Waals surface area contributed by atoms with E-state index < -0.39 is 5.72 Å². The van der Waals surface area contributed by atoms with Gasteiger partial charge in [-0.3, -0.25) is 4.79 Å². The van der Waals surface area contributed by atoms with Gasteiger partial charge in [-0.1, -0.05) is 55.8 Å². The first-order chi connectivity index (χ1) is 11.2. The van der Waals surface area contributed by atoms with Gasteiger partial charge in [0.15, 0.2) is 5.72 Å². The number of carbonyl (C=O) groups is 1. The van der Waals surface area contributed by atoms with Crippen molar-refractivity contribution in [2.24, 2.45) is 0 Å². The van der Waals surface area contributed by atoms with Crippen LogP contribution in [0.15, 0.2) is 53.6 Å². The molecule has 3 heteroatoms. The second-order valence-electron chi connectivity index (χ2n) is 6.45. The zero-order valence-electron chi connectivity index (χ0n) is 13.8. The Labute approximate surface area is 138 Å². The zero-order valence-corrected chi connectivity index (χ0v) is 13.8. The molecule has 23 heavy (non-hydrogen) atoms. The Morgan fingerprint density at radius 2 is 2.04 bits per heavy atom. The van der Waals surface area contributed by atoms with Crippen molar-refractivity contribution in [3.8, 4) is 0 Å². The summed E-state index contributed by atoms with van der Waals surface area (Å²) in [5.74, 6) is -0.00881. The van der Waals surface area contributed by atoms with E-state index in [1.807, 2.05) is 30.4 Å². The largest absolute Gasteiger partial charge is 0.367 e. The molecule has 0 aromatic heterocycles. The highest BCUT2D eigenvalue weighted by molar-refractivity contribution is 6.01. The highest BCUT2D eigenvalue weighted by Crippen LogP contribution is 2.42. The van der Waals surface area contributed by atoms with Gasteiger partial charge < -0.3 is 10.0 Å². The van der Waals surface area contributed by atoms with E-state index in [2.05, 4.69) is 19.1 Å². The second kappa shape index (κ2) is 6.71. The van der Waals surface area contributed by atoms with Crippen LogP contribution < -0.4 is 0 Å². The molecule has 1 aromatic rings. The number of rotatable bonds is 6. The summed E-state index contributed by atoms with van der Waals surface area (Å²) in [5.41, 5.74) is 1.77. The molecule has 0 radical (unpaired) electrons. The number of hydrogen-bond acceptors (Lipinski definition) is 2. The minimum atomic E-state index is -1.08. The minimum Gasteiger partial charge on any atom is -0.367 e. The molecule has 0 fully saturated rings. The Morgan fingerprint density at radius 3 is 2.78 bits per heavy atom. The summed E-state index contributed by atoms with van der Waals surface area (Å²) in [6.45, 7) is 2.68. The van der Waals surface area contributed by atoms with Crippen LogP contribution in [0.5, 0.6) is 0 Å². The van der Waals surface area contributed by atoms with Gasteiger partial charge in [-0.2, -0.15) is 0 Å². The predicted octanol–water partition coefficient (Wildman–Crippen LogP) is 3.60. The van der Waals surface area contributed by atoms with Gasteiger partial charge in [0, 0.05) is 12.1 Å². The van der Waals surface area contributed by atoms with E-state index in [1.165, 1.54) is 5.56 Å². The number of aliphatic hydroxyl groups is 1. The maximum Gasteiger partial charge on any atom is 0.256 e. The van der Waals surface area contributed by atoms with Crippen molar-refractivity contribution in [3.63, 3.8) is 0 Å². The number of unbranched alkanes of at least 4 members (excludes halogenated alkanes) is 1. The lowest BCUT2D eigenvalue weighted by Crippen LogP contribution is -2.49. The van der Waals surface area contributed by atoms with Crippen molar-refractivity contribution in [2.45, 2.75) is 51.2 Å². The van der Waals surface area contributed by atoms with E-state index in [0.29, 0.717) is 13.0 Å². The van der Waals surface area contributed by atoms with Crippen LogP contribution in [0.25, 0.3) is 0 Å². The van der Waals surface area contributed by atoms with E-state index in [-0.39, 0.29) is 5.91 Å². The maximum atomic E-state index is 12.8. The first-order valence-corrected chi connectivity index (χ1v) is 8.65. The lowest BCUT2D eigenvalue weighted by molar-refractivity contribution is -0.144. The molecule has 1 N–H and O–H groups in total. The molecule has 0 saturated heterocycles. The van der Waals surface area contributed by atoms with E-state index >= 15 is 0 Å². The van der Waals surface area contributed by atoms with Gasteiger partial charge in [0.2, 0.25) is 0 Å². The highest BCUT2D eigenvalue weighted by atomic mass is 16.3. The van der Waals surface area contributed by atoms with Crippen molar-refractivity contribution in [1.29, 1.82) is 0 Å². The zero-order chi connectivity index (χ0) is 16.3. The average molecular weight is 311 g/mol. The Bertz CT molecular complexity index is 632. The number of amides is 1. The van der Waals surface area contributed by atoms with Crippen LogP contribution in [0.1, 0.15) is 44.6 Å². The maximum absolute atomic E-state index is 12.8. The van der Waals surface area contributed by atoms with Gasteiger partial charge in [-0.15, -0.1) is 0 Å². The number of nitrogens with zero attached hydrogens (tertiary/aromatic N) is 1. The number of allylic oxidation sites excluding steroid dienone is 1. The summed E-state index contributed by atoms with van der Waals surface area (Å²) < 4.78 is 0. The molecule has 1 unspecified atom stereocenters. The average Bonchev–Trinajstić information content (AvgIpc) is 2.81. The normalized spacial score (nSPS) is 23.6. The molecule has 1 aliphatic heterocycles. The summed E-state index contributed by atoms with van der Waals surface area (Å²) in [6, 6.07) is 10.2. The molecule has 1 aliphatic carbocycles. The van der Waals surface area contributed by atoms with Crippen molar-refractivity contribution in [2.75, 3.05) is 6.54 Å². The molecule has 1 atom stereocenters. The summed E-state index contributed by atoms with van der Waals surface area (Å²) in [6.07, 6.45) is 8.99. The van der Waals surface area contributed by atoms with Crippen LogP contribution in [0, 0.1) is 0 Å². The monoisotopic (exact) mass is 311 g/mol. The molecule has 3 rings (SSSR count). The quantitative estimate of drug-likeness (QED) is 0.872. The van der Waals surface area contributed by atoms with E-state index in [0.717, 1.165) is 43.3 Å². The molecular weight excluding hydrogens is 286 g/mol. The van der Waals surface area contributed by atoms with E-state index in [9.17, 15) is 9.90 Å². The molecule has 1 aromatic carbocycles. The van der Waals surface area contributed by atoms with Crippen LogP contribution >= 0.6 is 0 Å². The summed E-state index contributed by atoms with van der Waals surface area (Å²) in [5, 5.41) is 11.3. The highest BCUT2D eigenvalue weighted by Gasteiger charge is 2.48. The molecule has 0 spiro atoms. The molecule has 3 nitrogen and oxygen atoms in total. The smallest absolute Gasteiger partial charge is 0.256 e. The molecular formula is C20H25NO2. The number of carbonyl (C=O) groups excluding carboxylic acids is 1. The van der Waals surface area contributed by atoms with Crippen LogP contribution in [0.4, 0.5) is 0 Å². The Hall–Kier alpha value is -1.87. The lowest BCUT2D eigenvalue weighted by atomic mass is 9.89. The first-order valence-electron chi connectivity index (χ1n) is 8.65. The fraction of sp³-hybridized carbons (Fsp3) is 0.450. The van der Waals surface area contributed by atoms with Gasteiger partial charge in [0.25, 0.3) is 5.91 Å². The van der Waals surface area contributed by atoms with Gasteiger partial charge in [0.05, 0.1) is 0 Å². The number of hydrogen-bond donors (Lipinski definition) is 1. The third-order valence-corrected chi connectivity index (χ3v) is 4.92. The van der Waals surface area contributed by atoms with E-state index in [1.54, 1.807) is 4.90 Å². The second-order valence-corrected chi connectivity index (χ2v) is 6.45. The lowest BCUT2D eigenvalue weighted by Gasteiger charge is -2.36. The fourth-order valence-electron chi connectivity index (χ4n) is 3.64. The summed E-state index contributed by atoms with van der Waals surface area (Å²) in [4.78, 5) is 14.5.